The lowest BCUT2D eigenvalue weighted by Gasteiger charge is -2.16. The molecule has 0 saturated heterocycles. The lowest BCUT2D eigenvalue weighted by Crippen LogP contribution is -2.15. The molecule has 62 valence electrons. The summed E-state index contributed by atoms with van der Waals surface area (Å²) in [5.74, 6) is -0.278. The molecule has 0 aliphatic heterocycles. The summed E-state index contributed by atoms with van der Waals surface area (Å²) in [7, 11) is 0. The van der Waals surface area contributed by atoms with E-state index >= 15 is 0 Å². The Balaban J connectivity index is 4.02. The Morgan fingerprint density at radius 3 is 1.90 bits per heavy atom. The molecule has 0 unspecified atom stereocenters. The van der Waals surface area contributed by atoms with Gasteiger partial charge < -0.3 is 0 Å². The van der Waals surface area contributed by atoms with E-state index in [9.17, 15) is 4.57 Å². The lowest BCUT2D eigenvalue weighted by atomic mass is 10.8. The highest BCUT2D eigenvalue weighted by molar-refractivity contribution is 8.05. The molecule has 0 heterocycles. The van der Waals surface area contributed by atoms with Gasteiger partial charge in [0.1, 0.15) is 0 Å². The third-order valence-electron chi connectivity index (χ3n) is 0.395. The first-order valence-corrected chi connectivity index (χ1v) is 6.63. The van der Waals surface area contributed by atoms with Crippen LogP contribution in [0.15, 0.2) is 0 Å². The molecule has 0 rings (SSSR count). The van der Waals surface area contributed by atoms with Crippen molar-refractivity contribution in [3.63, 3.8) is 0 Å². The number of alkyl halides is 3. The molecule has 0 N–H and O–H groups in total. The lowest BCUT2D eigenvalue weighted by molar-refractivity contribution is 0.283. The van der Waals surface area contributed by atoms with E-state index in [2.05, 4.69) is 4.52 Å². The molecule has 0 aliphatic rings. The van der Waals surface area contributed by atoms with Gasteiger partial charge in [0.2, 0.25) is 4.52 Å². The molecule has 0 radical (unpaired) electrons. The summed E-state index contributed by atoms with van der Waals surface area (Å²) in [6.45, 7) is 0. The molecule has 0 fully saturated rings. The van der Waals surface area contributed by atoms with E-state index in [1.807, 2.05) is 0 Å². The van der Waals surface area contributed by atoms with E-state index in [-0.39, 0.29) is 5.88 Å². The van der Waals surface area contributed by atoms with Crippen LogP contribution in [0.4, 0.5) is 0 Å². The van der Waals surface area contributed by atoms with E-state index in [0.29, 0.717) is 0 Å². The van der Waals surface area contributed by atoms with Crippen molar-refractivity contribution in [2.45, 2.75) is 4.52 Å². The van der Waals surface area contributed by atoms with Gasteiger partial charge in [0.05, 0.1) is 5.88 Å². The molecule has 0 amide bonds. The summed E-state index contributed by atoms with van der Waals surface area (Å²) in [5.41, 5.74) is 0. The molecule has 0 aromatic carbocycles. The zero-order chi connectivity index (χ0) is 8.41. The van der Waals surface area contributed by atoms with Crippen LogP contribution in [0.5, 0.6) is 0 Å². The van der Waals surface area contributed by atoms with Crippen molar-refractivity contribution in [1.82, 2.24) is 0 Å². The third kappa shape index (κ3) is 6.36. The zero-order valence-electron chi connectivity index (χ0n) is 4.36. The minimum atomic E-state index is -3.71. The highest BCUT2D eigenvalue weighted by Crippen LogP contribution is 2.61. The van der Waals surface area contributed by atoms with Crippen molar-refractivity contribution in [1.29, 1.82) is 0 Å². The van der Waals surface area contributed by atoms with Crippen molar-refractivity contribution in [2.24, 2.45) is 0 Å². The second-order valence-corrected chi connectivity index (χ2v) is 7.16. The van der Waals surface area contributed by atoms with Gasteiger partial charge in [-0.2, -0.15) is 0 Å². The van der Waals surface area contributed by atoms with E-state index in [1.165, 1.54) is 0 Å². The van der Waals surface area contributed by atoms with Gasteiger partial charge in [-0.25, -0.2) is 0 Å². The predicted molar refractivity (Wildman–Crippen MR) is 45.6 cm³/mol. The highest BCUT2D eigenvalue weighted by atomic mass is 35.9. The smallest absolute Gasteiger partial charge is 0.267 e. The van der Waals surface area contributed by atoms with Crippen LogP contribution in [-0.4, -0.2) is 10.4 Å². The third-order valence-corrected chi connectivity index (χ3v) is 2.62. The summed E-state index contributed by atoms with van der Waals surface area (Å²) in [6.07, 6.45) is -3.71. The minimum Gasteiger partial charge on any atom is -0.267 e. The van der Waals surface area contributed by atoms with Gasteiger partial charge in [-0.05, 0) is 22.5 Å². The molecule has 10 heavy (non-hydrogen) atoms. The second kappa shape index (κ2) is 4.04. The van der Waals surface area contributed by atoms with Crippen LogP contribution in [0.1, 0.15) is 0 Å². The predicted octanol–water partition coefficient (Wildman–Crippen LogP) is 3.96. The molecule has 0 aliphatic carbocycles. The van der Waals surface area contributed by atoms with Crippen molar-refractivity contribution in [2.75, 3.05) is 5.88 Å². The Bertz CT molecular complexity index is 152. The van der Waals surface area contributed by atoms with Crippen molar-refractivity contribution < 1.29 is 9.09 Å². The summed E-state index contributed by atoms with van der Waals surface area (Å²) >= 11 is 25.7. The normalized spacial score (nSPS) is 13.7. The first-order valence-electron chi connectivity index (χ1n) is 1.91. The molecule has 8 heteroatoms. The monoisotopic (exact) mass is 264 g/mol. The number of rotatable bonds is 3. The van der Waals surface area contributed by atoms with Gasteiger partial charge >= 0.3 is 6.07 Å². The summed E-state index contributed by atoms with van der Waals surface area (Å²) < 4.78 is 12.9. The molecular weight excluding hydrogens is 264 g/mol. The summed E-state index contributed by atoms with van der Waals surface area (Å²) in [4.78, 5) is 0. The number of hydrogen-bond acceptors (Lipinski definition) is 2. The van der Waals surface area contributed by atoms with Gasteiger partial charge in [-0.15, -0.1) is 11.6 Å². The van der Waals surface area contributed by atoms with Crippen LogP contribution in [0.2, 0.25) is 0 Å². The average molecular weight is 266 g/mol. The maximum atomic E-state index is 10.5. The zero-order valence-corrected chi connectivity index (χ0v) is 9.03. The molecule has 0 aromatic rings. The van der Waals surface area contributed by atoms with Crippen LogP contribution in [0, 0.1) is 0 Å². The van der Waals surface area contributed by atoms with Crippen molar-refractivity contribution in [3.05, 3.63) is 0 Å². The summed E-state index contributed by atoms with van der Waals surface area (Å²) in [6, 6.07) is 0. The van der Waals surface area contributed by atoms with Crippen LogP contribution >= 0.6 is 63.4 Å². The Morgan fingerprint density at radius 1 is 1.40 bits per heavy atom. The standard InChI is InChI=1S/C2H2Cl5O2P/c3-1-2(4,5)9-10(6,7)8/h1H2. The van der Waals surface area contributed by atoms with Crippen molar-refractivity contribution in [3.8, 4) is 0 Å². The van der Waals surface area contributed by atoms with Gasteiger partial charge in [-0.1, -0.05) is 23.2 Å². The maximum Gasteiger partial charge on any atom is 0.382 e. The van der Waals surface area contributed by atoms with Crippen LogP contribution < -0.4 is 0 Å². The molecule has 0 aromatic heterocycles. The Labute approximate surface area is 82.7 Å². The van der Waals surface area contributed by atoms with Gasteiger partial charge in [0, 0.05) is 0 Å². The summed E-state index contributed by atoms with van der Waals surface area (Å²) in [5, 5.41) is 0. The number of hydrogen-bond donors (Lipinski definition) is 0. The molecule has 2 nitrogen and oxygen atoms in total. The molecule has 0 atom stereocenters. The fourth-order valence-corrected chi connectivity index (χ4v) is 2.40. The minimum absolute atomic E-state index is 0.278. The van der Waals surface area contributed by atoms with Crippen LogP contribution in [-0.2, 0) is 9.09 Å². The first-order chi connectivity index (χ1) is 4.27. The Kier molecular flexibility index (Phi) is 4.71. The van der Waals surface area contributed by atoms with Crippen LogP contribution in [0.25, 0.3) is 0 Å². The maximum absolute atomic E-state index is 10.5. The van der Waals surface area contributed by atoms with Gasteiger partial charge in [0.25, 0.3) is 0 Å². The average Bonchev–Trinajstić information content (AvgIpc) is 1.60. The Hall–Kier alpha value is 1.64. The molecular formula is C2H2Cl5O2P. The largest absolute Gasteiger partial charge is 0.382 e. The SMILES string of the molecule is O=P(Cl)(Cl)OC(Cl)(Cl)CCl. The second-order valence-electron chi connectivity index (χ2n) is 1.28. The van der Waals surface area contributed by atoms with E-state index in [1.54, 1.807) is 0 Å². The Morgan fingerprint density at radius 2 is 1.80 bits per heavy atom. The fraction of sp³-hybridized carbons (Fsp3) is 1.00. The molecule has 0 bridgehead atoms. The van der Waals surface area contributed by atoms with E-state index < -0.39 is 10.6 Å². The fourth-order valence-electron chi connectivity index (χ4n) is 0.180. The van der Waals surface area contributed by atoms with Gasteiger partial charge in [0.15, 0.2) is 0 Å². The number of halogens is 5. The molecule has 0 spiro atoms. The molecule has 0 saturated carbocycles. The van der Waals surface area contributed by atoms with Crippen molar-refractivity contribution >= 4 is 63.4 Å². The first kappa shape index (κ1) is 11.6. The van der Waals surface area contributed by atoms with E-state index in [0.717, 1.165) is 0 Å². The highest BCUT2D eigenvalue weighted by Gasteiger charge is 2.32. The van der Waals surface area contributed by atoms with Gasteiger partial charge in [-0.3, -0.25) is 9.09 Å². The van der Waals surface area contributed by atoms with E-state index in [4.69, 9.17) is 57.3 Å². The van der Waals surface area contributed by atoms with Crippen LogP contribution in [0.3, 0.4) is 0 Å². The topological polar surface area (TPSA) is 26.3 Å². The quantitative estimate of drug-likeness (QED) is 0.571.